The third-order valence-corrected chi connectivity index (χ3v) is 22.9. The smallest absolute Gasteiger partial charge is 0.392 e. The molecular weight excluding hydrogens is 1380 g/mol. The molecule has 0 spiro atoms. The van der Waals surface area contributed by atoms with E-state index >= 15 is 4.57 Å². The van der Waals surface area contributed by atoms with E-state index in [-0.39, 0.29) is 60.1 Å². The number of hydrogen-bond donors (Lipinski definition) is 4. The summed E-state index contributed by atoms with van der Waals surface area (Å²) in [4.78, 5) is 161. The van der Waals surface area contributed by atoms with Gasteiger partial charge in [0, 0.05) is 103 Å². The molecular formula is C55H75N8O28P3S2. The highest BCUT2D eigenvalue weighted by Gasteiger charge is 2.48. The molecule has 4 saturated heterocycles. The topological polar surface area (TPSA) is 459 Å². The fourth-order valence-electron chi connectivity index (χ4n) is 9.91. The molecule has 530 valence electrons. The van der Waals surface area contributed by atoms with Crippen LogP contribution in [0.4, 0.5) is 0 Å². The van der Waals surface area contributed by atoms with Crippen LogP contribution in [0.15, 0.2) is 63.1 Å². The Morgan fingerprint density at radius 1 is 0.562 bits per heavy atom. The minimum atomic E-state index is -4.80. The van der Waals surface area contributed by atoms with Gasteiger partial charge in [-0.25, -0.2) is 28.3 Å². The van der Waals surface area contributed by atoms with E-state index in [9.17, 15) is 66.7 Å². The van der Waals surface area contributed by atoms with Crippen LogP contribution < -0.4 is 45.0 Å². The maximum absolute atomic E-state index is 15.3. The number of esters is 3. The molecule has 15 atom stereocenters. The van der Waals surface area contributed by atoms with Crippen molar-refractivity contribution >= 4 is 68.3 Å². The van der Waals surface area contributed by atoms with E-state index < -0.39 is 215 Å². The minimum absolute atomic E-state index is 0.0565. The van der Waals surface area contributed by atoms with Gasteiger partial charge < -0.3 is 47.0 Å². The number of ether oxygens (including phenoxy) is 7. The highest BCUT2D eigenvalue weighted by Crippen LogP contribution is 2.64. The second-order valence-electron chi connectivity index (χ2n) is 23.3. The van der Waals surface area contributed by atoms with E-state index in [4.69, 9.17) is 61.7 Å². The summed E-state index contributed by atoms with van der Waals surface area (Å²) in [7, 11) is -3.87. The Hall–Kier alpha value is -6.21. The Kier molecular flexibility index (Phi) is 25.2. The SMILES string of the molecule is [2H]C[C@H]1O[C@@H](n2cc(C)c(=O)[nH]c2=O)CC1OP(=O)(OC[C@H]1O[C@@H](n2cc(C)c(=O)[nH]c2=O)CC1O[PH](=O)OC[C@H]1O[C@@H](n2cc(C)c(=O)[nH]c2=O)CC1OP(=O)(OC[C@H]1O[C@@H](n2cc(C)c(=O)[nH]c2=O)CC1OC(=O)CCC(C)=O)SCOC(=O)C(C)C)SCOC(=O)C(C)C. The molecule has 4 N–H and O–H groups in total. The molecule has 4 aliphatic rings. The minimum Gasteiger partial charge on any atom is -0.459 e. The lowest BCUT2D eigenvalue weighted by Gasteiger charge is -2.26. The third kappa shape index (κ3) is 19.6. The number of carbonyl (C=O) groups is 4. The van der Waals surface area contributed by atoms with Gasteiger partial charge >= 0.3 is 62.5 Å². The number of carbonyl (C=O) groups excluding carboxylic acids is 4. The molecule has 36 nitrogen and oxygen atoms in total. The first-order valence-electron chi connectivity index (χ1n) is 30.6. The third-order valence-electron chi connectivity index (χ3n) is 15.2. The summed E-state index contributed by atoms with van der Waals surface area (Å²) in [5.74, 6) is -5.12. The van der Waals surface area contributed by atoms with Crippen LogP contribution in [-0.4, -0.2) is 142 Å². The molecule has 4 fully saturated rings. The highest BCUT2D eigenvalue weighted by atomic mass is 32.7. The number of rotatable bonds is 31. The maximum atomic E-state index is 15.3. The van der Waals surface area contributed by atoms with Crippen molar-refractivity contribution < 1.29 is 94.5 Å². The number of nitrogens with zero attached hydrogens (tertiary/aromatic N) is 4. The monoisotopic (exact) mass is 1450 g/mol. The molecule has 0 radical (unpaired) electrons. The van der Waals surface area contributed by atoms with Crippen LogP contribution in [0, 0.1) is 39.5 Å². The largest absolute Gasteiger partial charge is 0.459 e. The van der Waals surface area contributed by atoms with E-state index in [1.54, 1.807) is 13.8 Å². The van der Waals surface area contributed by atoms with Gasteiger partial charge in [-0.3, -0.25) is 94.4 Å². The fourth-order valence-corrected chi connectivity index (χ4v) is 16.5. The van der Waals surface area contributed by atoms with Crippen molar-refractivity contribution in [2.24, 2.45) is 11.8 Å². The molecule has 41 heteroatoms. The molecule has 0 saturated carbocycles. The van der Waals surface area contributed by atoms with Crippen LogP contribution in [0.5, 0.6) is 0 Å². The van der Waals surface area contributed by atoms with Gasteiger partial charge in [-0.05, 0) is 41.5 Å². The van der Waals surface area contributed by atoms with Crippen LogP contribution in [-0.2, 0) is 93.2 Å². The molecule has 4 aromatic rings. The van der Waals surface area contributed by atoms with Gasteiger partial charge in [-0.1, -0.05) is 27.7 Å². The van der Waals surface area contributed by atoms with E-state index in [0.717, 1.165) is 18.3 Å². The summed E-state index contributed by atoms with van der Waals surface area (Å²) in [6, 6.07) is 0. The number of ketones is 1. The molecule has 4 aromatic heterocycles. The Balaban J connectivity index is 1.06. The zero-order chi connectivity index (χ0) is 71.0. The standard InChI is InChI=1S/C55H75N8O28P3S2/c1-26(2)50(70)79-24-95-93(77,90-34-13-41(84-33(34)10)60-17-28(5)46(66)56-52(60)72)83-23-40-36(15-43(87-40)62-19-30(7)48(68)58-54(62)74)89-92(76)81-21-38-37(16-44(85-38)63-20-31(8)49(69)59-55(63)75)91-94(78,96-25-80-51(71)27(3)4)82-22-39-35(88-45(65)12-11-32(9)64)14-42(86-39)61-18-29(6)47(67)57-53(61)73/h17-20,26-27,33-44,92H,11-16,21-25H2,1-10H3,(H,56,66,72)(H,57,67,73)(H,58,68,74)(H,59,69,75)/t33-,34?,35?,36?,37?,38-,39-,40-,41-,42-,43-,44-,93?,94?/m1/s1/i10D. The average molecular weight is 1450 g/mol. The number of aromatic nitrogens is 8. The van der Waals surface area contributed by atoms with Crippen LogP contribution in [0.2, 0.25) is 0 Å². The van der Waals surface area contributed by atoms with E-state index in [0.29, 0.717) is 22.8 Å². The molecule has 0 amide bonds. The zero-order valence-corrected chi connectivity index (χ0v) is 57.7. The average Bonchev–Trinajstić information content (AvgIpc) is 2.01. The van der Waals surface area contributed by atoms with Crippen LogP contribution in [0.3, 0.4) is 0 Å². The van der Waals surface area contributed by atoms with Gasteiger partial charge in [-0.2, -0.15) is 0 Å². The predicted molar refractivity (Wildman–Crippen MR) is 337 cm³/mol. The number of hydrogen-bond acceptors (Lipinski definition) is 30. The normalized spacial score (nSPS) is 25.9. The number of aryl methyl sites for hydroxylation is 4. The predicted octanol–water partition coefficient (Wildman–Crippen LogP) is 3.46. The highest BCUT2D eigenvalue weighted by molar-refractivity contribution is 8.55. The summed E-state index contributed by atoms with van der Waals surface area (Å²) < 4.78 is 134. The van der Waals surface area contributed by atoms with Gasteiger partial charge in [0.15, 0.2) is 0 Å². The molecule has 8 rings (SSSR count). The lowest BCUT2D eigenvalue weighted by molar-refractivity contribution is -0.153. The van der Waals surface area contributed by atoms with Gasteiger partial charge in [0.25, 0.3) is 22.2 Å². The first-order chi connectivity index (χ1) is 45.7. The first kappa shape index (κ1) is 74.0. The van der Waals surface area contributed by atoms with Crippen LogP contribution in [0.1, 0.15) is 129 Å². The van der Waals surface area contributed by atoms with Crippen molar-refractivity contribution in [1.29, 1.82) is 0 Å². The Morgan fingerprint density at radius 2 is 0.927 bits per heavy atom. The zero-order valence-electron chi connectivity index (χ0n) is 54.3. The summed E-state index contributed by atoms with van der Waals surface area (Å²) in [5, 5.41) is 0. The van der Waals surface area contributed by atoms with Crippen molar-refractivity contribution in [3.63, 3.8) is 0 Å². The van der Waals surface area contributed by atoms with Crippen LogP contribution in [0.25, 0.3) is 0 Å². The van der Waals surface area contributed by atoms with Crippen molar-refractivity contribution in [2.45, 2.75) is 181 Å². The van der Waals surface area contributed by atoms with Gasteiger partial charge in [0.2, 0.25) is 0 Å². The number of aromatic amines is 4. The summed E-state index contributed by atoms with van der Waals surface area (Å²) in [6.07, 6.45) is -12.8. The fraction of sp³-hybridized carbons (Fsp3) is 0.636. The summed E-state index contributed by atoms with van der Waals surface area (Å²) in [5.41, 5.74) is -6.02. The molecule has 8 heterocycles. The second-order valence-corrected chi connectivity index (χ2v) is 32.3. The Labute approximate surface area is 554 Å². The van der Waals surface area contributed by atoms with Crippen molar-refractivity contribution in [2.75, 3.05) is 31.7 Å². The van der Waals surface area contributed by atoms with E-state index in [2.05, 4.69) is 19.9 Å². The number of H-pyrrole nitrogens is 4. The summed E-state index contributed by atoms with van der Waals surface area (Å²) >= 11 is 0.781. The van der Waals surface area contributed by atoms with Gasteiger partial charge in [0.05, 0.1) is 56.4 Å². The summed E-state index contributed by atoms with van der Waals surface area (Å²) in [6.45, 7) is 0.881. The van der Waals surface area contributed by atoms with Gasteiger partial charge in [0.1, 0.15) is 73.1 Å². The molecule has 96 heavy (non-hydrogen) atoms. The Bertz CT molecular complexity index is 4190. The molecule has 0 aromatic carbocycles. The lowest BCUT2D eigenvalue weighted by atomic mass is 10.1. The van der Waals surface area contributed by atoms with Crippen molar-refractivity contribution in [3.05, 3.63) is 130 Å². The first-order valence-corrected chi connectivity index (χ1v) is 37.4. The maximum Gasteiger partial charge on any atom is 0.392 e. The molecule has 0 bridgehead atoms. The lowest BCUT2D eigenvalue weighted by Crippen LogP contribution is -2.33. The second kappa shape index (κ2) is 32.6. The van der Waals surface area contributed by atoms with E-state index in [1.165, 1.54) is 73.3 Å². The Morgan fingerprint density at radius 3 is 1.33 bits per heavy atom. The molecule has 7 unspecified atom stereocenters. The van der Waals surface area contributed by atoms with Crippen molar-refractivity contribution in [3.8, 4) is 0 Å². The molecule has 0 aliphatic carbocycles. The molecule has 4 aliphatic heterocycles. The van der Waals surface area contributed by atoms with Gasteiger partial charge in [-0.15, -0.1) is 0 Å². The van der Waals surface area contributed by atoms with Crippen LogP contribution >= 0.6 is 44.6 Å². The van der Waals surface area contributed by atoms with E-state index in [1.807, 2.05) is 0 Å². The quantitative estimate of drug-likeness (QED) is 0.0242. The number of Topliss-reactive ketones (excluding diaryl/α,β-unsaturated/α-hetero) is 1. The number of nitrogens with one attached hydrogen (secondary N) is 4. The van der Waals surface area contributed by atoms with Crippen molar-refractivity contribution in [1.82, 2.24) is 38.2 Å².